The normalized spacial score (nSPS) is 12.4. The van der Waals surface area contributed by atoms with Crippen molar-refractivity contribution in [3.63, 3.8) is 0 Å². The van der Waals surface area contributed by atoms with E-state index in [1.807, 2.05) is 41.5 Å². The van der Waals surface area contributed by atoms with Crippen molar-refractivity contribution in [1.82, 2.24) is 0 Å². The first-order valence-corrected chi connectivity index (χ1v) is 6.67. The number of methoxy groups -OCH3 is 2. The Morgan fingerprint density at radius 3 is 1.35 bits per heavy atom. The molecule has 0 atom stereocenters. The molecule has 114 valence electrons. The largest absolute Gasteiger partial charge is 0.504 e. The highest BCUT2D eigenvalue weighted by Gasteiger charge is 2.36. The van der Waals surface area contributed by atoms with Gasteiger partial charge >= 0.3 is 0 Å². The SMILES string of the molecule is COc1c(O)c(O)c(C(C)(C)C)c(C(C)(C)C)c1OC. The van der Waals surface area contributed by atoms with Crippen molar-refractivity contribution in [1.29, 1.82) is 0 Å². The van der Waals surface area contributed by atoms with E-state index in [-0.39, 0.29) is 28.1 Å². The van der Waals surface area contributed by atoms with Crippen LogP contribution in [-0.2, 0) is 10.8 Å². The van der Waals surface area contributed by atoms with E-state index in [9.17, 15) is 10.2 Å². The lowest BCUT2D eigenvalue weighted by Crippen LogP contribution is -2.23. The van der Waals surface area contributed by atoms with E-state index >= 15 is 0 Å². The lowest BCUT2D eigenvalue weighted by molar-refractivity contribution is 0.307. The standard InChI is InChI=1S/C16H26O4/c1-15(2,3)9-10(16(4,5)6)13(19-7)14(20-8)12(18)11(9)17/h17-18H,1-8H3. The van der Waals surface area contributed by atoms with Crippen LogP contribution in [0.3, 0.4) is 0 Å². The summed E-state index contributed by atoms with van der Waals surface area (Å²) in [5, 5.41) is 20.6. The molecule has 1 rings (SSSR count). The molecule has 0 bridgehead atoms. The first-order valence-electron chi connectivity index (χ1n) is 6.67. The third-order valence-electron chi connectivity index (χ3n) is 3.27. The molecule has 0 aliphatic heterocycles. The van der Waals surface area contributed by atoms with Crippen molar-refractivity contribution < 1.29 is 19.7 Å². The average Bonchev–Trinajstić information content (AvgIpc) is 2.28. The van der Waals surface area contributed by atoms with Crippen LogP contribution in [-0.4, -0.2) is 24.4 Å². The molecule has 0 aliphatic rings. The summed E-state index contributed by atoms with van der Waals surface area (Å²) in [5.74, 6) is 0.227. The quantitative estimate of drug-likeness (QED) is 0.812. The van der Waals surface area contributed by atoms with Crippen LogP contribution in [0.15, 0.2) is 0 Å². The molecule has 0 fully saturated rings. The van der Waals surface area contributed by atoms with E-state index in [1.54, 1.807) is 0 Å². The number of benzene rings is 1. The number of hydrogen-bond acceptors (Lipinski definition) is 4. The monoisotopic (exact) mass is 282 g/mol. The minimum atomic E-state index is -0.344. The summed E-state index contributed by atoms with van der Waals surface area (Å²) in [6, 6.07) is 0. The second-order valence-corrected chi connectivity index (χ2v) is 7.01. The zero-order valence-electron chi connectivity index (χ0n) is 13.7. The number of aromatic hydroxyl groups is 2. The van der Waals surface area contributed by atoms with E-state index in [2.05, 4.69) is 0 Å². The van der Waals surface area contributed by atoms with Gasteiger partial charge in [0.05, 0.1) is 14.2 Å². The van der Waals surface area contributed by atoms with Crippen LogP contribution in [0.4, 0.5) is 0 Å². The summed E-state index contributed by atoms with van der Waals surface area (Å²) in [7, 11) is 2.98. The van der Waals surface area contributed by atoms with E-state index in [0.29, 0.717) is 11.3 Å². The van der Waals surface area contributed by atoms with Crippen molar-refractivity contribution in [3.8, 4) is 23.0 Å². The second-order valence-electron chi connectivity index (χ2n) is 7.01. The van der Waals surface area contributed by atoms with E-state index in [1.165, 1.54) is 14.2 Å². The van der Waals surface area contributed by atoms with Gasteiger partial charge in [-0.1, -0.05) is 41.5 Å². The van der Waals surface area contributed by atoms with Gasteiger partial charge in [-0.2, -0.15) is 0 Å². The molecule has 0 saturated heterocycles. The van der Waals surface area contributed by atoms with E-state index in [4.69, 9.17) is 9.47 Å². The van der Waals surface area contributed by atoms with Crippen LogP contribution in [0, 0.1) is 0 Å². The predicted octanol–water partition coefficient (Wildman–Crippen LogP) is 3.71. The summed E-state index contributed by atoms with van der Waals surface area (Å²) in [5.41, 5.74) is 0.913. The van der Waals surface area contributed by atoms with E-state index in [0.717, 1.165) is 5.56 Å². The van der Waals surface area contributed by atoms with Crippen molar-refractivity contribution in [2.45, 2.75) is 52.4 Å². The van der Waals surface area contributed by atoms with Crippen LogP contribution < -0.4 is 9.47 Å². The Morgan fingerprint density at radius 2 is 1.05 bits per heavy atom. The van der Waals surface area contributed by atoms with E-state index < -0.39 is 0 Å². The Bertz CT molecular complexity index is 505. The smallest absolute Gasteiger partial charge is 0.207 e. The molecule has 2 N–H and O–H groups in total. The van der Waals surface area contributed by atoms with Gasteiger partial charge in [-0.3, -0.25) is 0 Å². The molecule has 0 saturated carbocycles. The molecular weight excluding hydrogens is 256 g/mol. The number of rotatable bonds is 2. The van der Waals surface area contributed by atoms with Gasteiger partial charge in [0.25, 0.3) is 0 Å². The molecule has 0 amide bonds. The highest BCUT2D eigenvalue weighted by atomic mass is 16.5. The summed E-state index contributed by atoms with van der Waals surface area (Å²) in [4.78, 5) is 0. The fourth-order valence-electron chi connectivity index (χ4n) is 2.51. The molecule has 1 aromatic carbocycles. The fraction of sp³-hybridized carbons (Fsp3) is 0.625. The molecule has 4 nitrogen and oxygen atoms in total. The summed E-state index contributed by atoms with van der Waals surface area (Å²) in [6.07, 6.45) is 0. The number of hydrogen-bond donors (Lipinski definition) is 2. The van der Waals surface area contributed by atoms with Gasteiger partial charge in [0.15, 0.2) is 11.5 Å². The lowest BCUT2D eigenvalue weighted by atomic mass is 9.74. The minimum absolute atomic E-state index is 0.139. The lowest BCUT2D eigenvalue weighted by Gasteiger charge is -2.33. The molecule has 4 heteroatoms. The van der Waals surface area contributed by atoms with Gasteiger partial charge in [0.1, 0.15) is 0 Å². The minimum Gasteiger partial charge on any atom is -0.504 e. The Hall–Kier alpha value is -1.58. The topological polar surface area (TPSA) is 58.9 Å². The summed E-state index contributed by atoms with van der Waals surface area (Å²) >= 11 is 0. The molecular formula is C16H26O4. The number of phenolic OH excluding ortho intramolecular Hbond substituents is 2. The van der Waals surface area contributed by atoms with Crippen molar-refractivity contribution in [3.05, 3.63) is 11.1 Å². The molecule has 20 heavy (non-hydrogen) atoms. The molecule has 1 aromatic rings. The molecule has 0 radical (unpaired) electrons. The van der Waals surface area contributed by atoms with Crippen molar-refractivity contribution in [2.24, 2.45) is 0 Å². The van der Waals surface area contributed by atoms with Gasteiger partial charge in [0.2, 0.25) is 11.5 Å². The van der Waals surface area contributed by atoms with Gasteiger partial charge in [-0.05, 0) is 10.8 Å². The van der Waals surface area contributed by atoms with Gasteiger partial charge in [-0.15, -0.1) is 0 Å². The Morgan fingerprint density at radius 1 is 0.650 bits per heavy atom. The maximum absolute atomic E-state index is 10.4. The van der Waals surface area contributed by atoms with Gasteiger partial charge < -0.3 is 19.7 Å². The van der Waals surface area contributed by atoms with Crippen molar-refractivity contribution in [2.75, 3.05) is 14.2 Å². The third-order valence-corrected chi connectivity index (χ3v) is 3.27. The Balaban J connectivity index is 3.98. The molecule has 0 unspecified atom stereocenters. The number of phenols is 2. The highest BCUT2D eigenvalue weighted by Crippen LogP contribution is 2.54. The Kier molecular flexibility index (Phi) is 4.18. The summed E-state index contributed by atoms with van der Waals surface area (Å²) < 4.78 is 10.7. The van der Waals surface area contributed by atoms with Gasteiger partial charge in [-0.25, -0.2) is 0 Å². The highest BCUT2D eigenvalue weighted by molar-refractivity contribution is 5.69. The first kappa shape index (κ1) is 16.5. The first-order chi connectivity index (χ1) is 8.96. The second kappa shape index (κ2) is 5.08. The maximum atomic E-state index is 10.4. The predicted molar refractivity (Wildman–Crippen MR) is 80.3 cm³/mol. The van der Waals surface area contributed by atoms with Crippen LogP contribution in [0.2, 0.25) is 0 Å². The average molecular weight is 282 g/mol. The Labute approximate surface area is 121 Å². The zero-order valence-corrected chi connectivity index (χ0v) is 13.7. The zero-order chi connectivity index (χ0) is 15.9. The maximum Gasteiger partial charge on any atom is 0.207 e. The molecule has 0 spiro atoms. The van der Waals surface area contributed by atoms with Crippen LogP contribution in [0.5, 0.6) is 23.0 Å². The summed E-state index contributed by atoms with van der Waals surface area (Å²) in [6.45, 7) is 12.1. The fourth-order valence-corrected chi connectivity index (χ4v) is 2.51. The molecule has 0 aliphatic carbocycles. The molecule has 0 heterocycles. The van der Waals surface area contributed by atoms with Crippen molar-refractivity contribution >= 4 is 0 Å². The number of ether oxygens (including phenoxy) is 2. The van der Waals surface area contributed by atoms with Gasteiger partial charge in [0, 0.05) is 11.1 Å². The van der Waals surface area contributed by atoms with Crippen LogP contribution in [0.1, 0.15) is 52.7 Å². The van der Waals surface area contributed by atoms with Crippen LogP contribution in [0.25, 0.3) is 0 Å². The third kappa shape index (κ3) is 2.65. The molecule has 0 aromatic heterocycles. The van der Waals surface area contributed by atoms with Crippen LogP contribution >= 0.6 is 0 Å².